The van der Waals surface area contributed by atoms with Gasteiger partial charge >= 0.3 is 0 Å². The lowest BCUT2D eigenvalue weighted by molar-refractivity contribution is -0.117. The van der Waals surface area contributed by atoms with Gasteiger partial charge in [0.1, 0.15) is 18.4 Å². The normalized spacial score (nSPS) is 14.4. The zero-order valence-corrected chi connectivity index (χ0v) is 18.2. The molecular weight excluding hydrogens is 390 g/mol. The number of rotatable bonds is 5. The number of aromatic nitrogens is 5. The molecule has 1 fully saturated rings. The van der Waals surface area contributed by atoms with E-state index in [0.29, 0.717) is 23.2 Å². The lowest BCUT2D eigenvalue weighted by Gasteiger charge is -2.27. The minimum absolute atomic E-state index is 0.0717. The molecule has 2 heterocycles. The van der Waals surface area contributed by atoms with Crippen LogP contribution in [-0.2, 0) is 11.3 Å². The van der Waals surface area contributed by atoms with Crippen LogP contribution in [0.4, 0.5) is 5.82 Å². The molecule has 0 aliphatic heterocycles. The monoisotopic (exact) mass is 417 g/mol. The Morgan fingerprint density at radius 1 is 1.19 bits per heavy atom. The van der Waals surface area contributed by atoms with Crippen molar-refractivity contribution in [1.29, 1.82) is 5.26 Å². The van der Waals surface area contributed by atoms with Crippen LogP contribution >= 0.6 is 0 Å². The first-order chi connectivity index (χ1) is 15.0. The molecule has 1 aromatic carbocycles. The summed E-state index contributed by atoms with van der Waals surface area (Å²) >= 11 is 0. The molecular formula is C23H27N7O. The van der Waals surface area contributed by atoms with E-state index >= 15 is 0 Å². The Hall–Kier alpha value is -3.47. The van der Waals surface area contributed by atoms with E-state index in [0.717, 1.165) is 35.2 Å². The summed E-state index contributed by atoms with van der Waals surface area (Å²) in [6, 6.07) is 10.4. The number of hydrogen-bond acceptors (Lipinski definition) is 5. The number of carbonyl (C=O) groups excluding carboxylic acids is 1. The van der Waals surface area contributed by atoms with E-state index in [2.05, 4.69) is 31.4 Å². The predicted octanol–water partition coefficient (Wildman–Crippen LogP) is 4.08. The van der Waals surface area contributed by atoms with Gasteiger partial charge in [0, 0.05) is 17.3 Å². The van der Waals surface area contributed by atoms with Crippen LogP contribution in [0.3, 0.4) is 0 Å². The molecule has 1 aliphatic rings. The van der Waals surface area contributed by atoms with E-state index in [4.69, 9.17) is 0 Å². The average molecular weight is 418 g/mol. The van der Waals surface area contributed by atoms with Crippen molar-refractivity contribution in [2.75, 3.05) is 5.32 Å². The fraction of sp³-hybridized carbons (Fsp3) is 0.435. The van der Waals surface area contributed by atoms with Gasteiger partial charge in [-0.15, -0.1) is 10.2 Å². The second kappa shape index (κ2) is 8.72. The third-order valence-corrected chi connectivity index (χ3v) is 6.19. The number of amides is 1. The number of carbonyl (C=O) groups is 1. The number of tetrazole rings is 1. The molecule has 1 amide bonds. The maximum Gasteiger partial charge on any atom is 0.249 e. The fourth-order valence-electron chi connectivity index (χ4n) is 4.42. The van der Waals surface area contributed by atoms with Crippen molar-refractivity contribution in [3.05, 3.63) is 46.6 Å². The summed E-state index contributed by atoms with van der Waals surface area (Å²) in [6.45, 7) is 5.87. The molecule has 8 nitrogen and oxygen atoms in total. The first-order valence-corrected chi connectivity index (χ1v) is 10.7. The van der Waals surface area contributed by atoms with Gasteiger partial charge in [0.25, 0.3) is 0 Å². The highest BCUT2D eigenvalue weighted by Crippen LogP contribution is 2.36. The number of aryl methyl sites for hydroxylation is 1. The Kier molecular flexibility index (Phi) is 5.85. The van der Waals surface area contributed by atoms with Crippen molar-refractivity contribution in [1.82, 2.24) is 24.8 Å². The molecule has 1 aliphatic carbocycles. The van der Waals surface area contributed by atoms with Crippen LogP contribution in [0.2, 0.25) is 0 Å². The van der Waals surface area contributed by atoms with Crippen molar-refractivity contribution in [2.24, 2.45) is 0 Å². The van der Waals surface area contributed by atoms with E-state index in [1.165, 1.54) is 24.1 Å². The molecule has 0 saturated heterocycles. The van der Waals surface area contributed by atoms with Gasteiger partial charge < -0.3 is 9.88 Å². The standard InChI is InChI=1S/C23H27N7O/c1-15-9-7-8-12-19(15)22-26-28-29(27-22)14-21(31)25-23-20(13-24)16(2)17(3)30(23)18-10-5-4-6-11-18/h7-9,12,18H,4-6,10-11,14H2,1-3H3,(H,25,31). The van der Waals surface area contributed by atoms with Gasteiger partial charge in [-0.1, -0.05) is 43.5 Å². The molecule has 31 heavy (non-hydrogen) atoms. The van der Waals surface area contributed by atoms with Gasteiger partial charge in [-0.2, -0.15) is 10.1 Å². The number of benzene rings is 1. The van der Waals surface area contributed by atoms with Crippen molar-refractivity contribution >= 4 is 11.7 Å². The van der Waals surface area contributed by atoms with Crippen molar-refractivity contribution < 1.29 is 4.79 Å². The van der Waals surface area contributed by atoms with Crippen molar-refractivity contribution in [2.45, 2.75) is 65.5 Å². The first kappa shape index (κ1) is 20.8. The fourth-order valence-corrected chi connectivity index (χ4v) is 4.42. The molecule has 4 rings (SSSR count). The van der Waals surface area contributed by atoms with Gasteiger partial charge in [0.05, 0.1) is 5.56 Å². The predicted molar refractivity (Wildman–Crippen MR) is 117 cm³/mol. The van der Waals surface area contributed by atoms with Gasteiger partial charge in [0.2, 0.25) is 11.7 Å². The molecule has 0 radical (unpaired) electrons. The SMILES string of the molecule is Cc1ccccc1-c1nnn(CC(=O)Nc2c(C#N)c(C)c(C)n2C2CCCCC2)n1. The maximum atomic E-state index is 12.9. The number of nitriles is 1. The molecule has 0 bridgehead atoms. The highest BCUT2D eigenvalue weighted by molar-refractivity contribution is 5.91. The Bertz CT molecular complexity index is 1150. The summed E-state index contributed by atoms with van der Waals surface area (Å²) < 4.78 is 2.15. The molecule has 2 aromatic heterocycles. The zero-order valence-electron chi connectivity index (χ0n) is 18.2. The molecule has 3 aromatic rings. The summed E-state index contributed by atoms with van der Waals surface area (Å²) in [7, 11) is 0. The molecule has 8 heteroatoms. The molecule has 0 unspecified atom stereocenters. The third-order valence-electron chi connectivity index (χ3n) is 6.19. The van der Waals surface area contributed by atoms with Gasteiger partial charge in [-0.25, -0.2) is 0 Å². The van der Waals surface area contributed by atoms with Crippen LogP contribution < -0.4 is 5.32 Å². The van der Waals surface area contributed by atoms with Gasteiger partial charge in [-0.3, -0.25) is 4.79 Å². The molecule has 0 spiro atoms. The maximum absolute atomic E-state index is 12.9. The number of nitrogens with one attached hydrogen (secondary N) is 1. The van der Waals surface area contributed by atoms with Crippen molar-refractivity contribution in [3.63, 3.8) is 0 Å². The van der Waals surface area contributed by atoms with Crippen LogP contribution in [0.5, 0.6) is 0 Å². The first-order valence-electron chi connectivity index (χ1n) is 10.7. The second-order valence-electron chi connectivity index (χ2n) is 8.21. The number of hydrogen-bond donors (Lipinski definition) is 1. The number of anilines is 1. The quantitative estimate of drug-likeness (QED) is 0.674. The van der Waals surface area contributed by atoms with Crippen LogP contribution in [0.25, 0.3) is 11.4 Å². The highest BCUT2D eigenvalue weighted by atomic mass is 16.2. The minimum Gasteiger partial charge on any atom is -0.327 e. The summed E-state index contributed by atoms with van der Waals surface area (Å²) in [5, 5.41) is 25.2. The zero-order chi connectivity index (χ0) is 22.0. The Morgan fingerprint density at radius 3 is 2.65 bits per heavy atom. The molecule has 160 valence electrons. The van der Waals surface area contributed by atoms with Crippen LogP contribution in [0.15, 0.2) is 24.3 Å². The van der Waals surface area contributed by atoms with Crippen LogP contribution in [0.1, 0.15) is 60.5 Å². The highest BCUT2D eigenvalue weighted by Gasteiger charge is 2.26. The Balaban J connectivity index is 1.56. The van der Waals surface area contributed by atoms with Gasteiger partial charge in [-0.05, 0) is 50.0 Å². The molecule has 1 N–H and O–H groups in total. The molecule has 1 saturated carbocycles. The van der Waals surface area contributed by atoms with Crippen molar-refractivity contribution in [3.8, 4) is 17.5 Å². The van der Waals surface area contributed by atoms with Crippen LogP contribution in [0, 0.1) is 32.1 Å². The van der Waals surface area contributed by atoms with E-state index in [1.54, 1.807) is 0 Å². The second-order valence-corrected chi connectivity index (χ2v) is 8.21. The summed E-state index contributed by atoms with van der Waals surface area (Å²) in [5.74, 6) is 0.800. The smallest absolute Gasteiger partial charge is 0.249 e. The average Bonchev–Trinajstić information content (AvgIpc) is 3.31. The van der Waals surface area contributed by atoms with Crippen LogP contribution in [-0.4, -0.2) is 30.7 Å². The topological polar surface area (TPSA) is 101 Å². The summed E-state index contributed by atoms with van der Waals surface area (Å²) in [5.41, 5.74) is 4.42. The summed E-state index contributed by atoms with van der Waals surface area (Å²) in [6.07, 6.45) is 5.70. The Labute approximate surface area is 181 Å². The van der Waals surface area contributed by atoms with E-state index in [-0.39, 0.29) is 12.5 Å². The minimum atomic E-state index is -0.278. The third kappa shape index (κ3) is 4.08. The molecule has 0 atom stereocenters. The van der Waals surface area contributed by atoms with E-state index < -0.39 is 0 Å². The Morgan fingerprint density at radius 2 is 1.94 bits per heavy atom. The number of nitrogens with zero attached hydrogens (tertiary/aromatic N) is 6. The lowest BCUT2D eigenvalue weighted by Crippen LogP contribution is -2.24. The van der Waals surface area contributed by atoms with E-state index in [1.807, 2.05) is 45.0 Å². The largest absolute Gasteiger partial charge is 0.327 e. The lowest BCUT2D eigenvalue weighted by atomic mass is 9.95. The van der Waals surface area contributed by atoms with Gasteiger partial charge in [0.15, 0.2) is 0 Å². The summed E-state index contributed by atoms with van der Waals surface area (Å²) in [4.78, 5) is 14.1. The van der Waals surface area contributed by atoms with E-state index in [9.17, 15) is 10.1 Å².